The van der Waals surface area contributed by atoms with Gasteiger partial charge in [-0.1, -0.05) is 37.3 Å². The van der Waals surface area contributed by atoms with Gasteiger partial charge in [-0.25, -0.2) is 0 Å². The summed E-state index contributed by atoms with van der Waals surface area (Å²) in [4.78, 5) is 5.81. The quantitative estimate of drug-likeness (QED) is 0.745. The molecule has 1 aromatic heterocycles. The zero-order valence-corrected chi connectivity index (χ0v) is 12.3. The van der Waals surface area contributed by atoms with Crippen LogP contribution in [0.5, 0.6) is 0 Å². The SMILES string of the molecule is CCN1Cc2ccccc2C(c2ccc3[nH]ccc3c2)C1. The van der Waals surface area contributed by atoms with Crippen LogP contribution in [0, 0.1) is 0 Å². The molecule has 0 saturated carbocycles. The minimum absolute atomic E-state index is 0.481. The van der Waals surface area contributed by atoms with Crippen molar-refractivity contribution < 1.29 is 0 Å². The van der Waals surface area contributed by atoms with E-state index in [0.29, 0.717) is 5.92 Å². The lowest BCUT2D eigenvalue weighted by Crippen LogP contribution is -2.33. The average Bonchev–Trinajstić information content (AvgIpc) is 3.01. The maximum Gasteiger partial charge on any atom is 0.0454 e. The van der Waals surface area contributed by atoms with E-state index in [0.717, 1.165) is 19.6 Å². The van der Waals surface area contributed by atoms with Crippen molar-refractivity contribution in [3.63, 3.8) is 0 Å². The topological polar surface area (TPSA) is 19.0 Å². The van der Waals surface area contributed by atoms with Crippen molar-refractivity contribution in [1.29, 1.82) is 0 Å². The molecule has 106 valence electrons. The standard InChI is InChI=1S/C19H20N2/c1-2-21-12-16-5-3-4-6-17(16)18(13-21)14-7-8-19-15(11-14)9-10-20-19/h3-11,18,20H,2,12-13H2,1H3. The minimum atomic E-state index is 0.481. The largest absolute Gasteiger partial charge is 0.361 e. The van der Waals surface area contributed by atoms with Crippen LogP contribution in [0.2, 0.25) is 0 Å². The van der Waals surface area contributed by atoms with Crippen LogP contribution in [0.25, 0.3) is 10.9 Å². The lowest BCUT2D eigenvalue weighted by molar-refractivity contribution is 0.253. The fourth-order valence-corrected chi connectivity index (χ4v) is 3.49. The van der Waals surface area contributed by atoms with Gasteiger partial charge in [0, 0.05) is 30.7 Å². The molecule has 0 aliphatic carbocycles. The van der Waals surface area contributed by atoms with Crippen LogP contribution in [-0.2, 0) is 6.54 Å². The molecule has 1 aliphatic rings. The number of rotatable bonds is 2. The van der Waals surface area contributed by atoms with Crippen molar-refractivity contribution >= 4 is 10.9 Å². The molecule has 0 fully saturated rings. The Morgan fingerprint density at radius 2 is 2.05 bits per heavy atom. The molecular weight excluding hydrogens is 256 g/mol. The molecule has 1 unspecified atom stereocenters. The number of likely N-dealkylation sites (N-methyl/N-ethyl adjacent to an activating group) is 1. The van der Waals surface area contributed by atoms with E-state index in [2.05, 4.69) is 65.3 Å². The molecule has 2 aromatic carbocycles. The summed E-state index contributed by atoms with van der Waals surface area (Å²) in [7, 11) is 0. The molecule has 2 heteroatoms. The van der Waals surface area contributed by atoms with Crippen LogP contribution >= 0.6 is 0 Å². The number of H-pyrrole nitrogens is 1. The summed E-state index contributed by atoms with van der Waals surface area (Å²) in [5.41, 5.74) is 5.62. The smallest absolute Gasteiger partial charge is 0.0454 e. The van der Waals surface area contributed by atoms with Crippen LogP contribution in [0.15, 0.2) is 54.7 Å². The van der Waals surface area contributed by atoms with Crippen molar-refractivity contribution in [3.05, 3.63) is 71.4 Å². The highest BCUT2D eigenvalue weighted by atomic mass is 15.1. The van der Waals surface area contributed by atoms with E-state index in [1.807, 2.05) is 6.20 Å². The number of benzene rings is 2. The number of nitrogens with one attached hydrogen (secondary N) is 1. The van der Waals surface area contributed by atoms with Crippen LogP contribution in [-0.4, -0.2) is 23.0 Å². The number of aromatic nitrogens is 1. The molecule has 0 radical (unpaired) electrons. The molecule has 2 heterocycles. The predicted molar refractivity (Wildman–Crippen MR) is 87.5 cm³/mol. The van der Waals surface area contributed by atoms with Gasteiger partial charge in [-0.3, -0.25) is 4.90 Å². The van der Waals surface area contributed by atoms with E-state index in [1.54, 1.807) is 0 Å². The van der Waals surface area contributed by atoms with E-state index < -0.39 is 0 Å². The lowest BCUT2D eigenvalue weighted by atomic mass is 9.84. The zero-order chi connectivity index (χ0) is 14.2. The minimum Gasteiger partial charge on any atom is -0.361 e. The number of hydrogen-bond donors (Lipinski definition) is 1. The second-order valence-corrected chi connectivity index (χ2v) is 5.90. The first-order chi connectivity index (χ1) is 10.3. The molecule has 0 bridgehead atoms. The summed E-state index contributed by atoms with van der Waals surface area (Å²) in [5, 5.41) is 1.30. The molecule has 4 rings (SSSR count). The maximum atomic E-state index is 3.28. The summed E-state index contributed by atoms with van der Waals surface area (Å²) < 4.78 is 0. The van der Waals surface area contributed by atoms with Gasteiger partial charge >= 0.3 is 0 Å². The van der Waals surface area contributed by atoms with Crippen LogP contribution in [0.4, 0.5) is 0 Å². The van der Waals surface area contributed by atoms with Gasteiger partial charge in [-0.2, -0.15) is 0 Å². The van der Waals surface area contributed by atoms with Gasteiger partial charge in [0.05, 0.1) is 0 Å². The molecular formula is C19H20N2. The number of fused-ring (bicyclic) bond motifs is 2. The molecule has 1 N–H and O–H groups in total. The van der Waals surface area contributed by atoms with Crippen molar-refractivity contribution in [1.82, 2.24) is 9.88 Å². The second kappa shape index (κ2) is 5.05. The Hall–Kier alpha value is -2.06. The molecule has 21 heavy (non-hydrogen) atoms. The normalized spacial score (nSPS) is 18.8. The Labute approximate surface area is 125 Å². The molecule has 2 nitrogen and oxygen atoms in total. The highest BCUT2D eigenvalue weighted by Gasteiger charge is 2.25. The Morgan fingerprint density at radius 3 is 2.95 bits per heavy atom. The second-order valence-electron chi connectivity index (χ2n) is 5.90. The summed E-state index contributed by atoms with van der Waals surface area (Å²) in [6, 6.07) is 17.9. The van der Waals surface area contributed by atoms with E-state index in [9.17, 15) is 0 Å². The third kappa shape index (κ3) is 2.16. The zero-order valence-electron chi connectivity index (χ0n) is 12.3. The predicted octanol–water partition coefficient (Wildman–Crippen LogP) is 4.14. The number of hydrogen-bond acceptors (Lipinski definition) is 1. The number of nitrogens with zero attached hydrogens (tertiary/aromatic N) is 1. The Morgan fingerprint density at radius 1 is 1.14 bits per heavy atom. The first-order valence-electron chi connectivity index (χ1n) is 7.72. The van der Waals surface area contributed by atoms with Crippen LogP contribution < -0.4 is 0 Å². The maximum absolute atomic E-state index is 3.28. The summed E-state index contributed by atoms with van der Waals surface area (Å²) in [6.45, 7) is 5.55. The van der Waals surface area contributed by atoms with Crippen molar-refractivity contribution in [3.8, 4) is 0 Å². The molecule has 0 amide bonds. The fourth-order valence-electron chi connectivity index (χ4n) is 3.49. The van der Waals surface area contributed by atoms with Gasteiger partial charge in [-0.15, -0.1) is 0 Å². The average molecular weight is 276 g/mol. The van der Waals surface area contributed by atoms with Gasteiger partial charge in [0.15, 0.2) is 0 Å². The van der Waals surface area contributed by atoms with Gasteiger partial charge in [0.2, 0.25) is 0 Å². The van der Waals surface area contributed by atoms with E-state index in [1.165, 1.54) is 27.6 Å². The summed E-state index contributed by atoms with van der Waals surface area (Å²) in [5.74, 6) is 0.481. The monoisotopic (exact) mass is 276 g/mol. The van der Waals surface area contributed by atoms with Crippen molar-refractivity contribution in [2.45, 2.75) is 19.4 Å². The fraction of sp³-hybridized carbons (Fsp3) is 0.263. The Balaban J connectivity index is 1.82. The molecule has 1 aliphatic heterocycles. The molecule has 0 saturated heterocycles. The lowest BCUT2D eigenvalue weighted by Gasteiger charge is -2.34. The highest BCUT2D eigenvalue weighted by molar-refractivity contribution is 5.80. The number of aromatic amines is 1. The first kappa shape index (κ1) is 12.7. The Bertz CT molecular complexity index is 772. The summed E-state index contributed by atoms with van der Waals surface area (Å²) >= 11 is 0. The van der Waals surface area contributed by atoms with Gasteiger partial charge in [0.25, 0.3) is 0 Å². The molecule has 1 atom stereocenters. The third-order valence-electron chi connectivity index (χ3n) is 4.69. The van der Waals surface area contributed by atoms with Crippen LogP contribution in [0.3, 0.4) is 0 Å². The van der Waals surface area contributed by atoms with Gasteiger partial charge < -0.3 is 4.98 Å². The van der Waals surface area contributed by atoms with E-state index >= 15 is 0 Å². The van der Waals surface area contributed by atoms with Gasteiger partial charge in [-0.05, 0) is 46.8 Å². The highest BCUT2D eigenvalue weighted by Crippen LogP contribution is 2.34. The van der Waals surface area contributed by atoms with E-state index in [-0.39, 0.29) is 0 Å². The van der Waals surface area contributed by atoms with E-state index in [4.69, 9.17) is 0 Å². The van der Waals surface area contributed by atoms with Crippen molar-refractivity contribution in [2.24, 2.45) is 0 Å². The first-order valence-corrected chi connectivity index (χ1v) is 7.72. The van der Waals surface area contributed by atoms with Gasteiger partial charge in [0.1, 0.15) is 0 Å². The summed E-state index contributed by atoms with van der Waals surface area (Å²) in [6.07, 6.45) is 2.02. The molecule has 3 aromatic rings. The molecule has 0 spiro atoms. The van der Waals surface area contributed by atoms with Crippen LogP contribution in [0.1, 0.15) is 29.5 Å². The third-order valence-corrected chi connectivity index (χ3v) is 4.69. The Kier molecular flexibility index (Phi) is 3.04. The van der Waals surface area contributed by atoms with Crippen molar-refractivity contribution in [2.75, 3.05) is 13.1 Å².